The van der Waals surface area contributed by atoms with Crippen molar-refractivity contribution in [3.63, 3.8) is 0 Å². The summed E-state index contributed by atoms with van der Waals surface area (Å²) in [5.74, 6) is 0.666. The van der Waals surface area contributed by atoms with E-state index in [2.05, 4.69) is 15.7 Å². The number of aromatic nitrogens is 3. The number of pyridine rings is 1. The van der Waals surface area contributed by atoms with E-state index in [4.69, 9.17) is 4.74 Å². The minimum atomic E-state index is 0.666. The van der Waals surface area contributed by atoms with Gasteiger partial charge in [0.1, 0.15) is 7.05 Å². The third-order valence-electron chi connectivity index (χ3n) is 3.41. The van der Waals surface area contributed by atoms with Gasteiger partial charge in [-0.3, -0.25) is 0 Å². The first-order valence-electron chi connectivity index (χ1n) is 7.72. The second-order valence-corrected chi connectivity index (χ2v) is 5.82. The van der Waals surface area contributed by atoms with Gasteiger partial charge >= 0.3 is 0 Å². The Labute approximate surface area is 131 Å². The van der Waals surface area contributed by atoms with Crippen molar-refractivity contribution in [2.45, 2.75) is 45.4 Å². The molecule has 0 saturated heterocycles. The van der Waals surface area contributed by atoms with E-state index in [9.17, 15) is 0 Å². The average molecular weight is 306 g/mol. The fourth-order valence-electron chi connectivity index (χ4n) is 2.23. The molecule has 5 heteroatoms. The Morgan fingerprint density at radius 2 is 1.95 bits per heavy atom. The Morgan fingerprint density at radius 3 is 2.76 bits per heavy atom. The molecule has 114 valence electrons. The first-order valence-corrected chi connectivity index (χ1v) is 8.45. The highest BCUT2D eigenvalue weighted by Crippen LogP contribution is 2.26. The Balaban J connectivity index is 1.81. The monoisotopic (exact) mass is 306 g/mol. The standard InChI is InChI=1S/C16H24N3OS/c1-3-4-5-6-7-8-12-20-16-15(17-21-18-16)14-10-9-11-19(2)13-14/h9-11,13H,3-8,12H2,1-2H3/q+1. The largest absolute Gasteiger partial charge is 0.475 e. The SMILES string of the molecule is CCCCCCCCOc1nsnc1-c1ccc[n+](C)c1. The Bertz CT molecular complexity index is 542. The molecule has 0 aliphatic carbocycles. The van der Waals surface area contributed by atoms with E-state index < -0.39 is 0 Å². The maximum Gasteiger partial charge on any atom is 0.254 e. The van der Waals surface area contributed by atoms with Crippen LogP contribution in [0.3, 0.4) is 0 Å². The highest BCUT2D eigenvalue weighted by atomic mass is 32.1. The summed E-state index contributed by atoms with van der Waals surface area (Å²) in [5.41, 5.74) is 1.90. The van der Waals surface area contributed by atoms with Crippen molar-refractivity contribution in [3.8, 4) is 17.1 Å². The lowest BCUT2D eigenvalue weighted by atomic mass is 10.1. The quantitative estimate of drug-likeness (QED) is 0.523. The molecule has 21 heavy (non-hydrogen) atoms. The molecule has 0 amide bonds. The molecule has 0 aliphatic rings. The number of hydrogen-bond donors (Lipinski definition) is 0. The van der Waals surface area contributed by atoms with Crippen LogP contribution in [0.5, 0.6) is 5.88 Å². The molecule has 0 bridgehead atoms. The molecular formula is C16H24N3OS+. The van der Waals surface area contributed by atoms with Gasteiger partial charge in [0.25, 0.3) is 5.88 Å². The third kappa shape index (κ3) is 5.08. The fraction of sp³-hybridized carbons (Fsp3) is 0.562. The third-order valence-corrected chi connectivity index (χ3v) is 3.92. The highest BCUT2D eigenvalue weighted by molar-refractivity contribution is 6.99. The molecule has 2 aromatic rings. The zero-order chi connectivity index (χ0) is 14.9. The normalized spacial score (nSPS) is 10.8. The van der Waals surface area contributed by atoms with Crippen molar-refractivity contribution >= 4 is 11.7 Å². The van der Waals surface area contributed by atoms with E-state index in [1.165, 1.54) is 43.8 Å². The summed E-state index contributed by atoms with van der Waals surface area (Å²) in [7, 11) is 2.00. The van der Waals surface area contributed by atoms with Gasteiger partial charge in [-0.15, -0.1) is 4.37 Å². The molecule has 0 N–H and O–H groups in total. The van der Waals surface area contributed by atoms with E-state index in [1.54, 1.807) is 0 Å². The van der Waals surface area contributed by atoms with Crippen LogP contribution in [0.2, 0.25) is 0 Å². The predicted molar refractivity (Wildman–Crippen MR) is 85.4 cm³/mol. The zero-order valence-corrected chi connectivity index (χ0v) is 13.7. The zero-order valence-electron chi connectivity index (χ0n) is 12.9. The summed E-state index contributed by atoms with van der Waals surface area (Å²) in [4.78, 5) is 0. The lowest BCUT2D eigenvalue weighted by Gasteiger charge is -2.04. The Hall–Kier alpha value is -1.49. The minimum Gasteiger partial charge on any atom is -0.475 e. The molecule has 0 fully saturated rings. The fourth-order valence-corrected chi connectivity index (χ4v) is 2.75. The number of hydrogen-bond acceptors (Lipinski definition) is 4. The number of nitrogens with zero attached hydrogens (tertiary/aromatic N) is 3. The molecule has 0 saturated carbocycles. The second-order valence-electron chi connectivity index (χ2n) is 5.29. The first-order chi connectivity index (χ1) is 10.3. The lowest BCUT2D eigenvalue weighted by Crippen LogP contribution is -2.26. The topological polar surface area (TPSA) is 38.9 Å². The second kappa shape index (κ2) is 8.72. The Kier molecular flexibility index (Phi) is 6.60. The maximum absolute atomic E-state index is 5.81. The van der Waals surface area contributed by atoms with E-state index in [-0.39, 0.29) is 0 Å². The summed E-state index contributed by atoms with van der Waals surface area (Å²) in [6.45, 7) is 2.97. The van der Waals surface area contributed by atoms with Gasteiger partial charge in [0.05, 0.1) is 23.9 Å². The van der Waals surface area contributed by atoms with Crippen LogP contribution in [0.1, 0.15) is 45.4 Å². The van der Waals surface area contributed by atoms with Crippen LogP contribution in [-0.4, -0.2) is 15.4 Å². The van der Waals surface area contributed by atoms with Gasteiger partial charge in [-0.05, 0) is 12.5 Å². The van der Waals surface area contributed by atoms with Gasteiger partial charge in [0, 0.05) is 6.07 Å². The molecule has 2 rings (SSSR count). The molecule has 0 unspecified atom stereocenters. The van der Waals surface area contributed by atoms with Gasteiger partial charge in [-0.2, -0.15) is 4.37 Å². The smallest absolute Gasteiger partial charge is 0.254 e. The van der Waals surface area contributed by atoms with Crippen molar-refractivity contribution in [2.75, 3.05) is 6.61 Å². The van der Waals surface area contributed by atoms with Gasteiger partial charge in [0.2, 0.25) is 0 Å². The van der Waals surface area contributed by atoms with Crippen molar-refractivity contribution in [3.05, 3.63) is 24.5 Å². The van der Waals surface area contributed by atoms with Crippen LogP contribution in [0, 0.1) is 0 Å². The van der Waals surface area contributed by atoms with Crippen LogP contribution in [0.25, 0.3) is 11.3 Å². The lowest BCUT2D eigenvalue weighted by molar-refractivity contribution is -0.671. The van der Waals surface area contributed by atoms with E-state index in [0.717, 1.165) is 24.3 Å². The van der Waals surface area contributed by atoms with Crippen LogP contribution >= 0.6 is 11.7 Å². The van der Waals surface area contributed by atoms with Crippen molar-refractivity contribution in [1.29, 1.82) is 0 Å². The van der Waals surface area contributed by atoms with Gasteiger partial charge in [0.15, 0.2) is 18.1 Å². The number of aryl methyl sites for hydroxylation is 1. The summed E-state index contributed by atoms with van der Waals surface area (Å²) in [5, 5.41) is 0. The summed E-state index contributed by atoms with van der Waals surface area (Å²) >= 11 is 1.21. The predicted octanol–water partition coefficient (Wildman–Crippen LogP) is 3.77. The van der Waals surface area contributed by atoms with Crippen molar-refractivity contribution in [1.82, 2.24) is 8.75 Å². The van der Waals surface area contributed by atoms with E-state index in [1.807, 2.05) is 36.1 Å². The molecule has 4 nitrogen and oxygen atoms in total. The molecular weight excluding hydrogens is 282 g/mol. The summed E-state index contributed by atoms with van der Waals surface area (Å²) in [6, 6.07) is 4.04. The molecule has 0 radical (unpaired) electrons. The average Bonchev–Trinajstić information content (AvgIpc) is 2.95. The number of ether oxygens (including phenoxy) is 1. The van der Waals surface area contributed by atoms with Crippen LogP contribution in [-0.2, 0) is 7.05 Å². The first kappa shape index (κ1) is 15.9. The Morgan fingerprint density at radius 1 is 1.14 bits per heavy atom. The van der Waals surface area contributed by atoms with E-state index in [0.29, 0.717) is 5.88 Å². The van der Waals surface area contributed by atoms with Crippen LogP contribution in [0.15, 0.2) is 24.5 Å². The highest BCUT2D eigenvalue weighted by Gasteiger charge is 2.14. The van der Waals surface area contributed by atoms with Crippen LogP contribution < -0.4 is 9.30 Å². The van der Waals surface area contributed by atoms with E-state index >= 15 is 0 Å². The summed E-state index contributed by atoms with van der Waals surface area (Å²) < 4.78 is 16.4. The van der Waals surface area contributed by atoms with Gasteiger partial charge in [-0.25, -0.2) is 4.57 Å². The maximum atomic E-state index is 5.81. The molecule has 2 heterocycles. The minimum absolute atomic E-state index is 0.666. The van der Waals surface area contributed by atoms with Gasteiger partial charge < -0.3 is 4.74 Å². The molecule has 0 aliphatic heterocycles. The molecule has 0 aromatic carbocycles. The van der Waals surface area contributed by atoms with Gasteiger partial charge in [-0.1, -0.05) is 39.0 Å². The molecule has 2 aromatic heterocycles. The number of rotatable bonds is 9. The van der Waals surface area contributed by atoms with Crippen LogP contribution in [0.4, 0.5) is 0 Å². The number of unbranched alkanes of at least 4 members (excludes halogenated alkanes) is 5. The van der Waals surface area contributed by atoms with Crippen molar-refractivity contribution in [2.24, 2.45) is 7.05 Å². The molecule has 0 spiro atoms. The molecule has 0 atom stereocenters. The van der Waals surface area contributed by atoms with Crippen molar-refractivity contribution < 1.29 is 9.30 Å². The summed E-state index contributed by atoms with van der Waals surface area (Å²) in [6.07, 6.45) is 11.6.